The van der Waals surface area contributed by atoms with Gasteiger partial charge in [-0.1, -0.05) is 12.1 Å². The maximum absolute atomic E-state index is 12.7. The van der Waals surface area contributed by atoms with Crippen LogP contribution in [-0.4, -0.2) is 41.8 Å². The van der Waals surface area contributed by atoms with Crippen LogP contribution in [0.5, 0.6) is 0 Å². The fourth-order valence-electron chi connectivity index (χ4n) is 1.71. The molecule has 1 unspecified atom stereocenters. The molecule has 2 rings (SSSR count). The predicted molar refractivity (Wildman–Crippen MR) is 89.2 cm³/mol. The average Bonchev–Trinajstić information content (AvgIpc) is 3.12. The van der Waals surface area contributed by atoms with Crippen molar-refractivity contribution >= 4 is 42.7 Å². The third-order valence-corrected chi connectivity index (χ3v) is 9.08. The molecule has 0 aliphatic heterocycles. The molecule has 0 bridgehead atoms. The summed E-state index contributed by atoms with van der Waals surface area (Å²) >= 11 is 2.42. The number of hydrogen-bond donors (Lipinski definition) is 1. The van der Waals surface area contributed by atoms with Crippen molar-refractivity contribution in [3.8, 4) is 0 Å². The second-order valence-corrected chi connectivity index (χ2v) is 10.9. The molecule has 0 aliphatic carbocycles. The average molecular weight is 381 g/mol. The molecule has 2 aromatic heterocycles. The number of hydrogen-bond acceptors (Lipinski definition) is 6. The minimum absolute atomic E-state index is 0.207. The zero-order valence-electron chi connectivity index (χ0n) is 12.0. The number of rotatable bonds is 7. The van der Waals surface area contributed by atoms with Crippen LogP contribution in [0.3, 0.4) is 0 Å². The highest BCUT2D eigenvalue weighted by atomic mass is 32.2. The van der Waals surface area contributed by atoms with E-state index in [9.17, 15) is 16.8 Å². The Morgan fingerprint density at radius 3 is 2.23 bits per heavy atom. The first kappa shape index (κ1) is 17.6. The number of sulfone groups is 1. The molecule has 0 radical (unpaired) electrons. The maximum Gasteiger partial charge on any atom is 0.278 e. The van der Waals surface area contributed by atoms with Crippen molar-refractivity contribution < 1.29 is 16.8 Å². The van der Waals surface area contributed by atoms with Crippen LogP contribution in [-0.2, 0) is 20.0 Å². The summed E-state index contributed by atoms with van der Waals surface area (Å²) in [5, 5.41) is 2.51. The second kappa shape index (κ2) is 6.77. The zero-order chi connectivity index (χ0) is 16.4. The smallest absolute Gasteiger partial charge is 0.222 e. The van der Waals surface area contributed by atoms with Crippen LogP contribution in [0.25, 0.3) is 0 Å². The predicted octanol–water partition coefficient (Wildman–Crippen LogP) is 1.72. The SMILES string of the molecule is CN(C)S(=O)(=O)NCC(c1cccs1)S(=O)(=O)c1cccs1. The minimum atomic E-state index is -3.69. The first-order valence-electron chi connectivity index (χ1n) is 6.23. The van der Waals surface area contributed by atoms with Crippen molar-refractivity contribution in [1.29, 1.82) is 0 Å². The molecule has 10 heteroatoms. The fraction of sp³-hybridized carbons (Fsp3) is 0.333. The van der Waals surface area contributed by atoms with Gasteiger partial charge < -0.3 is 0 Å². The van der Waals surface area contributed by atoms with Gasteiger partial charge in [-0.2, -0.15) is 12.7 Å². The van der Waals surface area contributed by atoms with Crippen LogP contribution < -0.4 is 4.72 Å². The van der Waals surface area contributed by atoms with E-state index < -0.39 is 25.3 Å². The second-order valence-electron chi connectivity index (χ2n) is 4.62. The van der Waals surface area contributed by atoms with E-state index in [1.54, 1.807) is 29.0 Å². The van der Waals surface area contributed by atoms with Crippen molar-refractivity contribution in [3.63, 3.8) is 0 Å². The van der Waals surface area contributed by atoms with Crippen LogP contribution in [0.2, 0.25) is 0 Å². The quantitative estimate of drug-likeness (QED) is 0.793. The van der Waals surface area contributed by atoms with Gasteiger partial charge in [0.15, 0.2) is 9.84 Å². The van der Waals surface area contributed by atoms with Crippen LogP contribution in [0.1, 0.15) is 10.1 Å². The molecular weight excluding hydrogens is 364 g/mol. The largest absolute Gasteiger partial charge is 0.278 e. The number of nitrogens with zero attached hydrogens (tertiary/aromatic N) is 1. The molecule has 122 valence electrons. The van der Waals surface area contributed by atoms with Crippen molar-refractivity contribution in [2.24, 2.45) is 0 Å². The molecule has 2 aromatic rings. The highest BCUT2D eigenvalue weighted by molar-refractivity contribution is 7.94. The lowest BCUT2D eigenvalue weighted by Crippen LogP contribution is -2.39. The van der Waals surface area contributed by atoms with Gasteiger partial charge in [0.1, 0.15) is 9.46 Å². The van der Waals surface area contributed by atoms with E-state index >= 15 is 0 Å². The first-order valence-corrected chi connectivity index (χ1v) is 11.0. The molecular formula is C12H16N2O4S4. The van der Waals surface area contributed by atoms with Crippen molar-refractivity contribution in [2.45, 2.75) is 9.46 Å². The van der Waals surface area contributed by atoms with Crippen LogP contribution in [0, 0.1) is 0 Å². The van der Waals surface area contributed by atoms with Crippen LogP contribution in [0.4, 0.5) is 0 Å². The normalized spacial score (nSPS) is 14.3. The standard InChI is InChI=1S/C12H16N2O4S4/c1-14(2)22(17,18)13-9-11(10-5-3-7-19-10)21(15,16)12-6-4-8-20-12/h3-8,11,13H,9H2,1-2H3. The molecule has 22 heavy (non-hydrogen) atoms. The van der Waals surface area contributed by atoms with Gasteiger partial charge in [-0.3, -0.25) is 0 Å². The molecule has 0 aliphatic rings. The summed E-state index contributed by atoms with van der Waals surface area (Å²) < 4.78 is 52.8. The number of thiophene rings is 2. The molecule has 0 aromatic carbocycles. The molecule has 1 atom stereocenters. The van der Waals surface area contributed by atoms with E-state index in [-0.39, 0.29) is 10.8 Å². The molecule has 0 amide bonds. The third-order valence-electron chi connectivity index (χ3n) is 2.94. The Labute approximate surface area is 138 Å². The fourth-order valence-corrected chi connectivity index (χ4v) is 6.44. The van der Waals surface area contributed by atoms with Crippen LogP contribution in [0.15, 0.2) is 39.2 Å². The van der Waals surface area contributed by atoms with Gasteiger partial charge in [0, 0.05) is 25.5 Å². The van der Waals surface area contributed by atoms with Gasteiger partial charge >= 0.3 is 0 Å². The van der Waals surface area contributed by atoms with Crippen LogP contribution >= 0.6 is 22.7 Å². The third kappa shape index (κ3) is 3.76. The van der Waals surface area contributed by atoms with Gasteiger partial charge in [0.25, 0.3) is 10.2 Å². The van der Waals surface area contributed by atoms with E-state index in [0.29, 0.717) is 4.88 Å². The summed E-state index contributed by atoms with van der Waals surface area (Å²) in [6, 6.07) is 6.63. The van der Waals surface area contributed by atoms with E-state index in [4.69, 9.17) is 0 Å². The summed E-state index contributed by atoms with van der Waals surface area (Å²) in [4.78, 5) is 0.606. The van der Waals surface area contributed by atoms with E-state index in [1.807, 2.05) is 0 Å². The summed E-state index contributed by atoms with van der Waals surface area (Å²) in [5.74, 6) is 0. The Morgan fingerprint density at radius 2 is 1.73 bits per heavy atom. The lowest BCUT2D eigenvalue weighted by molar-refractivity contribution is 0.504. The summed E-state index contributed by atoms with van der Waals surface area (Å²) in [6.45, 7) is -0.207. The van der Waals surface area contributed by atoms with Gasteiger partial charge in [0.2, 0.25) is 0 Å². The minimum Gasteiger partial charge on any atom is -0.222 e. The highest BCUT2D eigenvalue weighted by Gasteiger charge is 2.32. The molecule has 0 saturated carbocycles. The molecule has 2 heterocycles. The van der Waals surface area contributed by atoms with E-state index in [1.165, 1.54) is 31.5 Å². The molecule has 0 fully saturated rings. The summed E-state index contributed by atoms with van der Waals surface area (Å²) in [7, 11) is -4.56. The maximum atomic E-state index is 12.7. The van der Waals surface area contributed by atoms with Gasteiger partial charge in [-0.25, -0.2) is 13.1 Å². The van der Waals surface area contributed by atoms with Crippen molar-refractivity contribution in [1.82, 2.24) is 9.03 Å². The van der Waals surface area contributed by atoms with Crippen molar-refractivity contribution in [3.05, 3.63) is 39.9 Å². The molecule has 6 nitrogen and oxygen atoms in total. The molecule has 1 N–H and O–H groups in total. The lowest BCUT2D eigenvalue weighted by Gasteiger charge is -2.18. The topological polar surface area (TPSA) is 83.6 Å². The monoisotopic (exact) mass is 380 g/mol. The summed E-state index contributed by atoms with van der Waals surface area (Å²) in [5.41, 5.74) is 0. The Balaban J connectivity index is 2.34. The van der Waals surface area contributed by atoms with E-state index in [2.05, 4.69) is 4.72 Å². The Hall–Kier alpha value is -0.780. The highest BCUT2D eigenvalue weighted by Crippen LogP contribution is 2.33. The van der Waals surface area contributed by atoms with Gasteiger partial charge in [-0.15, -0.1) is 22.7 Å². The molecule has 0 spiro atoms. The Bertz CT molecular complexity index is 793. The van der Waals surface area contributed by atoms with Gasteiger partial charge in [0.05, 0.1) is 0 Å². The first-order chi connectivity index (χ1) is 10.2. The van der Waals surface area contributed by atoms with Gasteiger partial charge in [-0.05, 0) is 22.9 Å². The Kier molecular flexibility index (Phi) is 5.41. The lowest BCUT2D eigenvalue weighted by atomic mass is 10.3. The zero-order valence-corrected chi connectivity index (χ0v) is 15.2. The molecule has 0 saturated heterocycles. The van der Waals surface area contributed by atoms with E-state index in [0.717, 1.165) is 15.6 Å². The Morgan fingerprint density at radius 1 is 1.09 bits per heavy atom. The number of nitrogens with one attached hydrogen (secondary N) is 1. The summed E-state index contributed by atoms with van der Waals surface area (Å²) in [6.07, 6.45) is 0. The van der Waals surface area contributed by atoms with Crippen molar-refractivity contribution in [2.75, 3.05) is 20.6 Å².